The molecule has 0 aromatic heterocycles. The van der Waals surface area contributed by atoms with Crippen molar-refractivity contribution in [3.05, 3.63) is 41.5 Å². The van der Waals surface area contributed by atoms with Crippen LogP contribution in [0, 0.1) is 0 Å². The van der Waals surface area contributed by atoms with Crippen LogP contribution in [0.1, 0.15) is 22.8 Å². The third kappa shape index (κ3) is 3.94. The molecule has 0 fully saturated rings. The minimum absolute atomic E-state index is 0.0916. The first kappa shape index (κ1) is 13.3. The number of ether oxygens (including phenoxy) is 1. The first-order valence-electron chi connectivity index (χ1n) is 4.78. The summed E-state index contributed by atoms with van der Waals surface area (Å²) in [6.45, 7) is 1.36. The summed E-state index contributed by atoms with van der Waals surface area (Å²) in [4.78, 5) is 11.1. The van der Waals surface area contributed by atoms with E-state index >= 15 is 0 Å². The van der Waals surface area contributed by atoms with Gasteiger partial charge in [-0.25, -0.2) is 4.79 Å². The van der Waals surface area contributed by atoms with Gasteiger partial charge in [-0.1, -0.05) is 12.1 Å². The number of carbonyl (C=O) groups is 1. The maximum absolute atomic E-state index is 12.1. The predicted octanol–water partition coefficient (Wildman–Crippen LogP) is 3.44. The predicted molar refractivity (Wildman–Crippen MR) is 57.5 cm³/mol. The lowest BCUT2D eigenvalue weighted by Gasteiger charge is -2.05. The molecule has 0 heterocycles. The molecule has 1 aromatic rings. The van der Waals surface area contributed by atoms with E-state index in [2.05, 4.69) is 4.74 Å². The van der Waals surface area contributed by atoms with E-state index in [9.17, 15) is 18.0 Å². The molecule has 17 heavy (non-hydrogen) atoms. The van der Waals surface area contributed by atoms with E-state index < -0.39 is 12.1 Å². The molecular weight excluding hydrogens is 233 g/mol. The Morgan fingerprint density at radius 1 is 1.18 bits per heavy atom. The lowest BCUT2D eigenvalue weighted by atomic mass is 10.1. The summed E-state index contributed by atoms with van der Waals surface area (Å²) < 4.78 is 40.8. The molecule has 0 amide bonds. The topological polar surface area (TPSA) is 26.3 Å². The number of methoxy groups -OCH3 is 1. The van der Waals surface area contributed by atoms with Crippen LogP contribution in [0.3, 0.4) is 0 Å². The number of hydrogen-bond donors (Lipinski definition) is 0. The second-order valence-corrected chi connectivity index (χ2v) is 3.44. The third-order valence-electron chi connectivity index (χ3n) is 2.14. The second-order valence-electron chi connectivity index (χ2n) is 3.44. The van der Waals surface area contributed by atoms with Gasteiger partial charge in [0.2, 0.25) is 0 Å². The minimum atomic E-state index is -4.34. The molecule has 0 saturated carbocycles. The number of esters is 1. The average molecular weight is 244 g/mol. The van der Waals surface area contributed by atoms with Crippen LogP contribution in [0.25, 0.3) is 5.57 Å². The van der Waals surface area contributed by atoms with E-state index in [1.807, 2.05) is 0 Å². The standard InChI is InChI=1S/C12H11F3O2/c1-8(7-12(13,14)15)9-3-5-10(6-4-9)11(16)17-2/h3-7H,1-2H3/b8-7-. The highest BCUT2D eigenvalue weighted by atomic mass is 19.4. The number of carbonyl (C=O) groups excluding carboxylic acids is 1. The van der Waals surface area contributed by atoms with Gasteiger partial charge >= 0.3 is 12.1 Å². The van der Waals surface area contributed by atoms with E-state index in [1.165, 1.54) is 38.3 Å². The summed E-state index contributed by atoms with van der Waals surface area (Å²) in [5.41, 5.74) is 0.806. The fourth-order valence-corrected chi connectivity index (χ4v) is 1.32. The lowest BCUT2D eigenvalue weighted by molar-refractivity contribution is -0.0793. The Kier molecular flexibility index (Phi) is 3.93. The van der Waals surface area contributed by atoms with Crippen LogP contribution in [0.4, 0.5) is 13.2 Å². The minimum Gasteiger partial charge on any atom is -0.465 e. The fourth-order valence-electron chi connectivity index (χ4n) is 1.32. The van der Waals surface area contributed by atoms with Gasteiger partial charge in [0.1, 0.15) is 0 Å². The van der Waals surface area contributed by atoms with Gasteiger partial charge in [-0.05, 0) is 30.2 Å². The molecule has 0 aliphatic rings. The van der Waals surface area contributed by atoms with Gasteiger partial charge in [0.15, 0.2) is 0 Å². The summed E-state index contributed by atoms with van der Waals surface area (Å²) >= 11 is 0. The van der Waals surface area contributed by atoms with Gasteiger partial charge in [0.25, 0.3) is 0 Å². The molecule has 0 aliphatic carbocycles. The van der Waals surface area contributed by atoms with Crippen molar-refractivity contribution in [2.45, 2.75) is 13.1 Å². The lowest BCUT2D eigenvalue weighted by Crippen LogP contribution is -2.03. The maximum atomic E-state index is 12.1. The fraction of sp³-hybridized carbons (Fsp3) is 0.250. The highest BCUT2D eigenvalue weighted by Gasteiger charge is 2.23. The smallest absolute Gasteiger partial charge is 0.410 e. The van der Waals surface area contributed by atoms with Crippen LogP contribution in [0.5, 0.6) is 0 Å². The zero-order valence-electron chi connectivity index (χ0n) is 9.34. The molecule has 0 N–H and O–H groups in total. The first-order valence-corrected chi connectivity index (χ1v) is 4.78. The molecule has 0 atom stereocenters. The zero-order chi connectivity index (χ0) is 13.1. The number of benzene rings is 1. The zero-order valence-corrected chi connectivity index (χ0v) is 9.34. The van der Waals surface area contributed by atoms with E-state index in [1.54, 1.807) is 0 Å². The van der Waals surface area contributed by atoms with Crippen molar-refractivity contribution in [2.24, 2.45) is 0 Å². The molecule has 1 rings (SSSR count). The van der Waals surface area contributed by atoms with Crippen molar-refractivity contribution in [3.8, 4) is 0 Å². The van der Waals surface area contributed by atoms with Crippen molar-refractivity contribution >= 4 is 11.5 Å². The van der Waals surface area contributed by atoms with E-state index in [0.29, 0.717) is 11.1 Å². The quantitative estimate of drug-likeness (QED) is 0.745. The number of alkyl halides is 3. The highest BCUT2D eigenvalue weighted by molar-refractivity contribution is 5.89. The van der Waals surface area contributed by atoms with Gasteiger partial charge in [-0.15, -0.1) is 0 Å². The largest absolute Gasteiger partial charge is 0.465 e. The van der Waals surface area contributed by atoms with Gasteiger partial charge in [0, 0.05) is 6.08 Å². The monoisotopic (exact) mass is 244 g/mol. The third-order valence-corrected chi connectivity index (χ3v) is 2.14. The Morgan fingerprint density at radius 2 is 1.65 bits per heavy atom. The molecule has 0 spiro atoms. The van der Waals surface area contributed by atoms with E-state index in [0.717, 1.165) is 0 Å². The van der Waals surface area contributed by atoms with Crippen molar-refractivity contribution in [2.75, 3.05) is 7.11 Å². The van der Waals surface area contributed by atoms with Crippen molar-refractivity contribution < 1.29 is 22.7 Å². The summed E-state index contributed by atoms with van der Waals surface area (Å²) in [7, 11) is 1.24. The molecule has 5 heteroatoms. The van der Waals surface area contributed by atoms with E-state index in [-0.39, 0.29) is 11.6 Å². The Bertz CT molecular complexity index is 430. The van der Waals surface area contributed by atoms with Crippen LogP contribution in [-0.2, 0) is 4.74 Å². The number of allylic oxidation sites excluding steroid dienone is 2. The summed E-state index contributed by atoms with van der Waals surface area (Å²) in [6, 6.07) is 5.75. The summed E-state index contributed by atoms with van der Waals surface area (Å²) in [5, 5.41) is 0. The van der Waals surface area contributed by atoms with Gasteiger partial charge in [-0.3, -0.25) is 0 Å². The average Bonchev–Trinajstić information content (AvgIpc) is 2.26. The molecule has 0 saturated heterocycles. The summed E-state index contributed by atoms with van der Waals surface area (Å²) in [6.07, 6.45) is -4.12. The van der Waals surface area contributed by atoms with Gasteiger partial charge < -0.3 is 4.74 Å². The van der Waals surface area contributed by atoms with Gasteiger partial charge in [-0.2, -0.15) is 13.2 Å². The second kappa shape index (κ2) is 5.03. The molecule has 92 valence electrons. The molecule has 0 unspecified atom stereocenters. The van der Waals surface area contributed by atoms with Crippen molar-refractivity contribution in [1.29, 1.82) is 0 Å². The SMILES string of the molecule is COC(=O)c1ccc(/C(C)=C\C(F)(F)F)cc1. The van der Waals surface area contributed by atoms with Crippen LogP contribution >= 0.6 is 0 Å². The molecule has 0 radical (unpaired) electrons. The molecule has 2 nitrogen and oxygen atoms in total. The molecule has 0 bridgehead atoms. The molecule has 0 aliphatic heterocycles. The van der Waals surface area contributed by atoms with Crippen molar-refractivity contribution in [3.63, 3.8) is 0 Å². The number of halogens is 3. The Labute approximate surface area is 96.7 Å². The molecular formula is C12H11F3O2. The highest BCUT2D eigenvalue weighted by Crippen LogP contribution is 2.23. The Morgan fingerprint density at radius 3 is 2.06 bits per heavy atom. The normalized spacial score (nSPS) is 12.4. The van der Waals surface area contributed by atoms with Crippen LogP contribution < -0.4 is 0 Å². The van der Waals surface area contributed by atoms with Crippen LogP contribution in [-0.4, -0.2) is 19.3 Å². The van der Waals surface area contributed by atoms with E-state index in [4.69, 9.17) is 0 Å². The van der Waals surface area contributed by atoms with Crippen LogP contribution in [0.15, 0.2) is 30.3 Å². The summed E-state index contributed by atoms with van der Waals surface area (Å²) in [5.74, 6) is -0.519. The van der Waals surface area contributed by atoms with Gasteiger partial charge in [0.05, 0.1) is 12.7 Å². The molecule has 1 aromatic carbocycles. The first-order chi connectivity index (χ1) is 7.83. The van der Waals surface area contributed by atoms with Crippen LogP contribution in [0.2, 0.25) is 0 Å². The maximum Gasteiger partial charge on any atom is 0.410 e. The van der Waals surface area contributed by atoms with Crippen molar-refractivity contribution in [1.82, 2.24) is 0 Å². The number of hydrogen-bond acceptors (Lipinski definition) is 2. The number of rotatable bonds is 2. The Hall–Kier alpha value is -1.78. The Balaban J connectivity index is 2.96.